The number of carbonyl (C=O) groups is 1. The van der Waals surface area contributed by atoms with Crippen LogP contribution in [0.4, 0.5) is 0 Å². The van der Waals surface area contributed by atoms with Gasteiger partial charge in [-0.2, -0.15) is 0 Å². The van der Waals surface area contributed by atoms with Crippen LogP contribution in [0.2, 0.25) is 0 Å². The molecule has 0 aromatic heterocycles. The Balaban J connectivity index is 1.92. The van der Waals surface area contributed by atoms with Crippen molar-refractivity contribution in [1.82, 2.24) is 5.32 Å². The number of amides is 1. The number of para-hydroxylation sites is 1. The molecule has 1 saturated heterocycles. The van der Waals surface area contributed by atoms with E-state index in [0.29, 0.717) is 6.42 Å². The summed E-state index contributed by atoms with van der Waals surface area (Å²) in [6.07, 6.45) is 0.342. The molecule has 0 saturated carbocycles. The molecule has 0 spiro atoms. The van der Waals surface area contributed by atoms with E-state index in [-0.39, 0.29) is 12.1 Å². The SMILES string of the molecule is O=C1CC(Oc2ccccc2)N1. The van der Waals surface area contributed by atoms with Gasteiger partial charge in [-0.1, -0.05) is 18.2 Å². The summed E-state index contributed by atoms with van der Waals surface area (Å²) < 4.78 is 5.39. The first-order valence-corrected chi connectivity index (χ1v) is 3.86. The third-order valence-electron chi connectivity index (χ3n) is 1.71. The van der Waals surface area contributed by atoms with Crippen molar-refractivity contribution in [2.24, 2.45) is 0 Å². The molecule has 62 valence electrons. The van der Waals surface area contributed by atoms with Crippen molar-refractivity contribution in [2.45, 2.75) is 12.6 Å². The molecule has 1 aromatic rings. The van der Waals surface area contributed by atoms with Crippen LogP contribution in [0, 0.1) is 0 Å². The van der Waals surface area contributed by atoms with Crippen molar-refractivity contribution in [3.63, 3.8) is 0 Å². The number of nitrogens with one attached hydrogen (secondary N) is 1. The maximum absolute atomic E-state index is 10.5. The van der Waals surface area contributed by atoms with Gasteiger partial charge in [-0.25, -0.2) is 0 Å². The number of β-lactam (4-membered cyclic amide) rings is 1. The molecule has 1 heterocycles. The van der Waals surface area contributed by atoms with Gasteiger partial charge < -0.3 is 10.1 Å². The maximum Gasteiger partial charge on any atom is 0.228 e. The third-order valence-corrected chi connectivity index (χ3v) is 1.71. The van der Waals surface area contributed by atoms with Crippen molar-refractivity contribution in [1.29, 1.82) is 0 Å². The fraction of sp³-hybridized carbons (Fsp3) is 0.222. The van der Waals surface area contributed by atoms with E-state index in [4.69, 9.17) is 4.74 Å². The molecule has 1 aromatic carbocycles. The second kappa shape index (κ2) is 2.85. The first-order valence-electron chi connectivity index (χ1n) is 3.86. The molecular weight excluding hydrogens is 154 g/mol. The highest BCUT2D eigenvalue weighted by atomic mass is 16.5. The van der Waals surface area contributed by atoms with E-state index >= 15 is 0 Å². The van der Waals surface area contributed by atoms with Crippen molar-refractivity contribution >= 4 is 5.91 Å². The molecule has 1 fully saturated rings. The second-order valence-corrected chi connectivity index (χ2v) is 2.69. The smallest absolute Gasteiger partial charge is 0.228 e. The summed E-state index contributed by atoms with van der Waals surface area (Å²) in [5, 5.41) is 2.63. The molecule has 1 aliphatic rings. The van der Waals surface area contributed by atoms with E-state index in [1.54, 1.807) is 0 Å². The highest BCUT2D eigenvalue weighted by Gasteiger charge is 2.26. The summed E-state index contributed by atoms with van der Waals surface area (Å²) in [5.74, 6) is 0.846. The Labute approximate surface area is 70.3 Å². The summed E-state index contributed by atoms with van der Waals surface area (Å²) in [6, 6.07) is 9.45. The van der Waals surface area contributed by atoms with Crippen molar-refractivity contribution in [2.75, 3.05) is 0 Å². The predicted octanol–water partition coefficient (Wildman–Crippen LogP) is 0.911. The standard InChI is InChI=1S/C9H9NO2/c11-8-6-9(10-8)12-7-4-2-1-3-5-7/h1-5,9H,6H2,(H,10,11). The number of rotatable bonds is 2. The van der Waals surface area contributed by atoms with Crippen LogP contribution < -0.4 is 10.1 Å². The molecule has 1 aliphatic heterocycles. The van der Waals surface area contributed by atoms with Crippen LogP contribution in [-0.2, 0) is 4.79 Å². The summed E-state index contributed by atoms with van der Waals surface area (Å²) in [6.45, 7) is 0. The molecule has 3 nitrogen and oxygen atoms in total. The van der Waals surface area contributed by atoms with Crippen LogP contribution in [0.15, 0.2) is 30.3 Å². The van der Waals surface area contributed by atoms with Crippen molar-refractivity contribution in [3.8, 4) is 5.75 Å². The summed E-state index contributed by atoms with van der Waals surface area (Å²) in [4.78, 5) is 10.5. The van der Waals surface area contributed by atoms with E-state index in [0.717, 1.165) is 5.75 Å². The summed E-state index contributed by atoms with van der Waals surface area (Å²) in [7, 11) is 0. The minimum atomic E-state index is -0.125. The van der Waals surface area contributed by atoms with Gasteiger partial charge in [0.15, 0.2) is 6.23 Å². The van der Waals surface area contributed by atoms with E-state index in [2.05, 4.69) is 5.32 Å². The maximum atomic E-state index is 10.5. The van der Waals surface area contributed by atoms with Gasteiger partial charge in [-0.05, 0) is 12.1 Å². The van der Waals surface area contributed by atoms with Crippen LogP contribution in [0.3, 0.4) is 0 Å². The van der Waals surface area contributed by atoms with Crippen LogP contribution in [-0.4, -0.2) is 12.1 Å². The summed E-state index contributed by atoms with van der Waals surface area (Å²) in [5.41, 5.74) is 0. The Morgan fingerprint density at radius 1 is 1.33 bits per heavy atom. The minimum Gasteiger partial charge on any atom is -0.470 e. The molecule has 3 heteroatoms. The van der Waals surface area contributed by atoms with E-state index in [1.807, 2.05) is 30.3 Å². The Morgan fingerprint density at radius 3 is 2.58 bits per heavy atom. The van der Waals surface area contributed by atoms with Gasteiger partial charge in [-0.15, -0.1) is 0 Å². The van der Waals surface area contributed by atoms with Gasteiger partial charge >= 0.3 is 0 Å². The number of carbonyl (C=O) groups excluding carboxylic acids is 1. The topological polar surface area (TPSA) is 38.3 Å². The Morgan fingerprint density at radius 2 is 2.00 bits per heavy atom. The lowest BCUT2D eigenvalue weighted by Crippen LogP contribution is -2.51. The molecule has 1 amide bonds. The largest absolute Gasteiger partial charge is 0.470 e. The normalized spacial score (nSPS) is 21.0. The fourth-order valence-electron chi connectivity index (χ4n) is 1.06. The Hall–Kier alpha value is -1.51. The molecular formula is C9H9NO2. The van der Waals surface area contributed by atoms with E-state index in [1.165, 1.54) is 0 Å². The number of hydrogen-bond acceptors (Lipinski definition) is 2. The van der Waals surface area contributed by atoms with Crippen molar-refractivity contribution in [3.05, 3.63) is 30.3 Å². The van der Waals surface area contributed by atoms with E-state index in [9.17, 15) is 4.79 Å². The van der Waals surface area contributed by atoms with Gasteiger partial charge in [0, 0.05) is 0 Å². The van der Waals surface area contributed by atoms with Crippen molar-refractivity contribution < 1.29 is 9.53 Å². The number of ether oxygens (including phenoxy) is 1. The van der Waals surface area contributed by atoms with Gasteiger partial charge in [0.2, 0.25) is 5.91 Å². The average Bonchev–Trinajstić information content (AvgIpc) is 2.04. The minimum absolute atomic E-state index is 0.0518. The lowest BCUT2D eigenvalue weighted by molar-refractivity contribution is -0.134. The lowest BCUT2D eigenvalue weighted by atomic mass is 10.2. The zero-order valence-corrected chi connectivity index (χ0v) is 6.49. The average molecular weight is 163 g/mol. The van der Waals surface area contributed by atoms with Gasteiger partial charge in [0.1, 0.15) is 5.75 Å². The fourth-order valence-corrected chi connectivity index (χ4v) is 1.06. The molecule has 1 N–H and O–H groups in total. The monoisotopic (exact) mass is 163 g/mol. The first-order chi connectivity index (χ1) is 5.84. The molecule has 1 atom stereocenters. The second-order valence-electron chi connectivity index (χ2n) is 2.69. The molecule has 0 bridgehead atoms. The quantitative estimate of drug-likeness (QED) is 0.658. The zero-order valence-electron chi connectivity index (χ0n) is 6.49. The molecule has 0 aliphatic carbocycles. The van der Waals surface area contributed by atoms with Crippen LogP contribution in [0.1, 0.15) is 6.42 Å². The third kappa shape index (κ3) is 1.39. The summed E-state index contributed by atoms with van der Waals surface area (Å²) >= 11 is 0. The zero-order chi connectivity index (χ0) is 8.39. The predicted molar refractivity (Wildman–Crippen MR) is 43.6 cm³/mol. The molecule has 2 rings (SSSR count). The Bertz CT molecular complexity index is 276. The number of hydrogen-bond donors (Lipinski definition) is 1. The lowest BCUT2D eigenvalue weighted by Gasteiger charge is -2.27. The van der Waals surface area contributed by atoms with Crippen LogP contribution >= 0.6 is 0 Å². The van der Waals surface area contributed by atoms with Gasteiger partial charge in [-0.3, -0.25) is 4.79 Å². The van der Waals surface area contributed by atoms with Crippen LogP contribution in [0.5, 0.6) is 5.75 Å². The van der Waals surface area contributed by atoms with Gasteiger partial charge in [0.05, 0.1) is 6.42 Å². The number of benzene rings is 1. The van der Waals surface area contributed by atoms with Crippen LogP contribution in [0.25, 0.3) is 0 Å². The Kier molecular flexibility index (Phi) is 1.70. The highest BCUT2D eigenvalue weighted by Crippen LogP contribution is 2.14. The molecule has 12 heavy (non-hydrogen) atoms. The first kappa shape index (κ1) is 7.16. The molecule has 0 radical (unpaired) electrons. The van der Waals surface area contributed by atoms with E-state index < -0.39 is 0 Å². The molecule has 1 unspecified atom stereocenters. The highest BCUT2D eigenvalue weighted by molar-refractivity contribution is 5.82. The van der Waals surface area contributed by atoms with Gasteiger partial charge in [0.25, 0.3) is 0 Å².